The highest BCUT2D eigenvalue weighted by Crippen LogP contribution is 2.24. The zero-order valence-corrected chi connectivity index (χ0v) is 22.2. The van der Waals surface area contributed by atoms with Crippen LogP contribution in [0, 0.1) is 0 Å². The number of esters is 1. The first-order valence-corrected chi connectivity index (χ1v) is 12.4. The highest BCUT2D eigenvalue weighted by atomic mass is 16.5. The van der Waals surface area contributed by atoms with Crippen LogP contribution in [0.15, 0.2) is 48.8 Å². The molecular weight excluding hydrogens is 504 g/mol. The number of piperazine rings is 1. The van der Waals surface area contributed by atoms with Crippen molar-refractivity contribution in [3.8, 4) is 17.6 Å². The van der Waals surface area contributed by atoms with Crippen molar-refractivity contribution in [1.29, 1.82) is 0 Å². The standard InChI is InChI=1S/C27H30N6O6/c1-17(2)38-23-13-20(25(34)30-21-7-5-19(16-28-21)27(36)37-4)14-24(31-23)39-22-8-6-18(15-29-22)26(35)33-11-9-32(3)10-12-33/h5-8,13-17H,9-12H2,1-4H3,(H,28,30,34). The Morgan fingerprint density at radius 3 is 2.18 bits per heavy atom. The van der Waals surface area contributed by atoms with E-state index in [4.69, 9.17) is 9.47 Å². The van der Waals surface area contributed by atoms with Crippen LogP contribution >= 0.6 is 0 Å². The quantitative estimate of drug-likeness (QED) is 0.430. The van der Waals surface area contributed by atoms with Crippen molar-refractivity contribution in [2.24, 2.45) is 0 Å². The Morgan fingerprint density at radius 2 is 1.56 bits per heavy atom. The number of nitrogens with zero attached hydrogens (tertiary/aromatic N) is 5. The summed E-state index contributed by atoms with van der Waals surface area (Å²) in [6.45, 7) is 6.64. The summed E-state index contributed by atoms with van der Waals surface area (Å²) < 4.78 is 16.2. The molecule has 0 bridgehead atoms. The van der Waals surface area contributed by atoms with E-state index in [0.717, 1.165) is 13.1 Å². The van der Waals surface area contributed by atoms with Crippen LogP contribution < -0.4 is 14.8 Å². The number of hydrogen-bond acceptors (Lipinski definition) is 10. The van der Waals surface area contributed by atoms with Crippen LogP contribution in [0.4, 0.5) is 5.82 Å². The zero-order valence-electron chi connectivity index (χ0n) is 22.2. The van der Waals surface area contributed by atoms with Crippen LogP contribution in [0.5, 0.6) is 17.6 Å². The monoisotopic (exact) mass is 534 g/mol. The lowest BCUT2D eigenvalue weighted by atomic mass is 10.2. The largest absolute Gasteiger partial charge is 0.475 e. The van der Waals surface area contributed by atoms with Crippen molar-refractivity contribution in [3.63, 3.8) is 0 Å². The minimum absolute atomic E-state index is 0.0814. The Balaban J connectivity index is 1.48. The van der Waals surface area contributed by atoms with Gasteiger partial charge in [0.25, 0.3) is 11.8 Å². The van der Waals surface area contributed by atoms with E-state index in [-0.39, 0.29) is 46.6 Å². The molecule has 0 aromatic carbocycles. The van der Waals surface area contributed by atoms with E-state index in [2.05, 4.69) is 29.9 Å². The lowest BCUT2D eigenvalue weighted by molar-refractivity contribution is 0.0599. The average Bonchev–Trinajstić information content (AvgIpc) is 2.93. The minimum Gasteiger partial charge on any atom is -0.475 e. The zero-order chi connectivity index (χ0) is 27.9. The van der Waals surface area contributed by atoms with Crippen LogP contribution in [0.2, 0.25) is 0 Å². The molecule has 0 atom stereocenters. The molecule has 12 nitrogen and oxygen atoms in total. The number of hydrogen-bond donors (Lipinski definition) is 1. The molecule has 1 fully saturated rings. The van der Waals surface area contributed by atoms with Crippen molar-refractivity contribution >= 4 is 23.6 Å². The molecule has 1 aliphatic rings. The Labute approximate surface area is 225 Å². The second kappa shape index (κ2) is 12.3. The molecular formula is C27H30N6O6. The molecule has 0 radical (unpaired) electrons. The predicted octanol–water partition coefficient (Wildman–Crippen LogP) is 2.88. The molecule has 1 N–H and O–H groups in total. The minimum atomic E-state index is -0.530. The van der Waals surface area contributed by atoms with Gasteiger partial charge in [-0.1, -0.05) is 0 Å². The highest BCUT2D eigenvalue weighted by Gasteiger charge is 2.21. The molecule has 0 saturated carbocycles. The van der Waals surface area contributed by atoms with Crippen LogP contribution in [0.1, 0.15) is 44.9 Å². The summed E-state index contributed by atoms with van der Waals surface area (Å²) in [5.74, 6) is -0.403. The Morgan fingerprint density at radius 1 is 0.872 bits per heavy atom. The van der Waals surface area contributed by atoms with Crippen molar-refractivity contribution in [2.75, 3.05) is 45.7 Å². The third-order valence-corrected chi connectivity index (χ3v) is 5.81. The molecule has 12 heteroatoms. The lowest BCUT2D eigenvalue weighted by Gasteiger charge is -2.32. The van der Waals surface area contributed by atoms with Crippen molar-refractivity contribution < 1.29 is 28.6 Å². The van der Waals surface area contributed by atoms with Gasteiger partial charge < -0.3 is 29.3 Å². The summed E-state index contributed by atoms with van der Waals surface area (Å²) in [5.41, 5.74) is 0.922. The molecule has 2 amide bonds. The van der Waals surface area contributed by atoms with E-state index in [1.165, 1.54) is 43.8 Å². The second-order valence-corrected chi connectivity index (χ2v) is 9.16. The maximum absolute atomic E-state index is 13.0. The number of carbonyl (C=O) groups is 3. The van der Waals surface area contributed by atoms with E-state index < -0.39 is 11.9 Å². The first-order valence-electron chi connectivity index (χ1n) is 12.4. The van der Waals surface area contributed by atoms with E-state index in [1.54, 1.807) is 17.0 Å². The van der Waals surface area contributed by atoms with Gasteiger partial charge in [-0.2, -0.15) is 4.98 Å². The first kappa shape index (κ1) is 27.5. The Kier molecular flexibility index (Phi) is 8.67. The van der Waals surface area contributed by atoms with Crippen LogP contribution in [-0.2, 0) is 4.74 Å². The Hall–Kier alpha value is -4.58. The molecule has 3 aromatic rings. The van der Waals surface area contributed by atoms with Crippen molar-refractivity contribution in [3.05, 3.63) is 65.5 Å². The number of carbonyl (C=O) groups excluding carboxylic acids is 3. The van der Waals surface area contributed by atoms with Crippen molar-refractivity contribution in [2.45, 2.75) is 20.0 Å². The SMILES string of the molecule is COC(=O)c1ccc(NC(=O)c2cc(Oc3ccc(C(=O)N4CCN(C)CC4)cn3)nc(OC(C)C)c2)nc1. The summed E-state index contributed by atoms with van der Waals surface area (Å²) in [5, 5.41) is 2.67. The number of methoxy groups -OCH3 is 1. The molecule has 39 heavy (non-hydrogen) atoms. The van der Waals surface area contributed by atoms with Gasteiger partial charge in [0.2, 0.25) is 17.6 Å². The Bertz CT molecular complexity index is 1320. The highest BCUT2D eigenvalue weighted by molar-refractivity contribution is 6.04. The number of likely N-dealkylation sites (N-methyl/N-ethyl adjacent to an activating group) is 1. The van der Waals surface area contributed by atoms with Crippen LogP contribution in [0.25, 0.3) is 0 Å². The normalized spacial score (nSPS) is 13.6. The lowest BCUT2D eigenvalue weighted by Crippen LogP contribution is -2.47. The average molecular weight is 535 g/mol. The topological polar surface area (TPSA) is 136 Å². The van der Waals surface area contributed by atoms with Gasteiger partial charge in [0, 0.05) is 56.8 Å². The summed E-state index contributed by atoms with van der Waals surface area (Å²) in [6.07, 6.45) is 2.57. The third-order valence-electron chi connectivity index (χ3n) is 5.81. The van der Waals surface area contributed by atoms with Gasteiger partial charge in [-0.3, -0.25) is 9.59 Å². The van der Waals surface area contributed by atoms with Gasteiger partial charge in [0.05, 0.1) is 29.9 Å². The fourth-order valence-corrected chi connectivity index (χ4v) is 3.73. The number of nitrogens with one attached hydrogen (secondary N) is 1. The van der Waals surface area contributed by atoms with Gasteiger partial charge in [-0.15, -0.1) is 0 Å². The number of anilines is 1. The molecule has 4 heterocycles. The number of aromatic nitrogens is 3. The smallest absolute Gasteiger partial charge is 0.339 e. The molecule has 204 valence electrons. The van der Waals surface area contributed by atoms with E-state index >= 15 is 0 Å². The fourth-order valence-electron chi connectivity index (χ4n) is 3.73. The number of amides is 2. The molecule has 0 spiro atoms. The first-order chi connectivity index (χ1) is 18.7. The predicted molar refractivity (Wildman–Crippen MR) is 141 cm³/mol. The fraction of sp³-hybridized carbons (Fsp3) is 0.333. The van der Waals surface area contributed by atoms with Crippen LogP contribution in [-0.4, -0.2) is 89.0 Å². The number of ether oxygens (including phenoxy) is 3. The summed E-state index contributed by atoms with van der Waals surface area (Å²) in [7, 11) is 3.30. The number of rotatable bonds is 8. The van der Waals surface area contributed by atoms with Crippen LogP contribution in [0.3, 0.4) is 0 Å². The van der Waals surface area contributed by atoms with Gasteiger partial charge in [0.15, 0.2) is 0 Å². The van der Waals surface area contributed by atoms with Crippen molar-refractivity contribution in [1.82, 2.24) is 24.8 Å². The molecule has 0 unspecified atom stereocenters. The van der Waals surface area contributed by atoms with Gasteiger partial charge in [0.1, 0.15) is 5.82 Å². The van der Waals surface area contributed by atoms with Gasteiger partial charge in [-0.25, -0.2) is 14.8 Å². The third kappa shape index (κ3) is 7.26. The second-order valence-electron chi connectivity index (χ2n) is 9.16. The maximum Gasteiger partial charge on any atom is 0.339 e. The van der Waals surface area contributed by atoms with Gasteiger partial charge >= 0.3 is 5.97 Å². The number of pyridine rings is 3. The molecule has 3 aromatic heterocycles. The van der Waals surface area contributed by atoms with E-state index in [9.17, 15) is 14.4 Å². The maximum atomic E-state index is 13.0. The molecule has 4 rings (SSSR count). The summed E-state index contributed by atoms with van der Waals surface area (Å²) in [4.78, 5) is 54.0. The van der Waals surface area contributed by atoms with E-state index in [1.807, 2.05) is 20.9 Å². The molecule has 0 aliphatic carbocycles. The molecule has 1 aliphatic heterocycles. The molecule has 1 saturated heterocycles. The van der Waals surface area contributed by atoms with Gasteiger partial charge in [-0.05, 0) is 39.1 Å². The summed E-state index contributed by atoms with van der Waals surface area (Å²) in [6, 6.07) is 9.13. The summed E-state index contributed by atoms with van der Waals surface area (Å²) >= 11 is 0. The van der Waals surface area contributed by atoms with E-state index in [0.29, 0.717) is 18.7 Å².